The van der Waals surface area contributed by atoms with Crippen LogP contribution in [0.5, 0.6) is 0 Å². The Kier molecular flexibility index (Phi) is 8.00. The van der Waals surface area contributed by atoms with Crippen molar-refractivity contribution in [1.29, 1.82) is 0 Å². The van der Waals surface area contributed by atoms with Crippen molar-refractivity contribution in [3.05, 3.63) is 29.3 Å². The number of anilines is 1. The van der Waals surface area contributed by atoms with Gasteiger partial charge in [-0.3, -0.25) is 4.99 Å². The third-order valence-electron chi connectivity index (χ3n) is 4.70. The Morgan fingerprint density at radius 1 is 1.33 bits per heavy atom. The molecule has 1 aromatic rings. The van der Waals surface area contributed by atoms with Crippen LogP contribution in [0.15, 0.2) is 23.2 Å². The minimum Gasteiger partial charge on any atom is -0.374 e. The molecule has 0 radical (unpaired) electrons. The molecule has 1 unspecified atom stereocenters. The van der Waals surface area contributed by atoms with Crippen LogP contribution in [0.1, 0.15) is 30.4 Å². The highest BCUT2D eigenvalue weighted by atomic mass is 127. The highest BCUT2D eigenvalue weighted by molar-refractivity contribution is 14.0. The van der Waals surface area contributed by atoms with Crippen molar-refractivity contribution in [2.75, 3.05) is 37.8 Å². The van der Waals surface area contributed by atoms with E-state index in [1.807, 2.05) is 7.05 Å². The summed E-state index contributed by atoms with van der Waals surface area (Å²) in [5.74, 6) is 2.22. The molecule has 4 nitrogen and oxygen atoms in total. The van der Waals surface area contributed by atoms with Crippen LogP contribution in [0.4, 0.5) is 5.69 Å². The van der Waals surface area contributed by atoms with E-state index in [2.05, 4.69) is 57.5 Å². The molecule has 24 heavy (non-hydrogen) atoms. The molecule has 2 aliphatic heterocycles. The molecule has 1 fully saturated rings. The summed E-state index contributed by atoms with van der Waals surface area (Å²) < 4.78 is 0. The van der Waals surface area contributed by atoms with E-state index in [9.17, 15) is 0 Å². The van der Waals surface area contributed by atoms with Crippen LogP contribution in [-0.4, -0.2) is 44.1 Å². The van der Waals surface area contributed by atoms with Crippen molar-refractivity contribution >= 4 is 47.4 Å². The van der Waals surface area contributed by atoms with Gasteiger partial charge in [-0.2, -0.15) is 11.8 Å². The molecule has 3 rings (SSSR count). The Hall–Kier alpha value is -0.630. The number of benzene rings is 1. The first-order valence-corrected chi connectivity index (χ1v) is 9.70. The lowest BCUT2D eigenvalue weighted by atomic mass is 9.99. The number of guanidine groups is 1. The third kappa shape index (κ3) is 5.18. The van der Waals surface area contributed by atoms with E-state index < -0.39 is 0 Å². The van der Waals surface area contributed by atoms with Gasteiger partial charge in [-0.1, -0.05) is 12.1 Å². The maximum Gasteiger partial charge on any atom is 0.191 e. The smallest absolute Gasteiger partial charge is 0.191 e. The molecular formula is C18H29IN4S. The first kappa shape index (κ1) is 19.7. The molecule has 2 N–H and O–H groups in total. The third-order valence-corrected chi connectivity index (χ3v) is 6.10. The van der Waals surface area contributed by atoms with Crippen molar-refractivity contribution in [2.45, 2.75) is 37.5 Å². The van der Waals surface area contributed by atoms with Gasteiger partial charge in [0.05, 0.1) is 0 Å². The molecular weight excluding hydrogens is 431 g/mol. The summed E-state index contributed by atoms with van der Waals surface area (Å²) in [5, 5.41) is 7.65. The molecule has 1 saturated heterocycles. The molecule has 1 aromatic carbocycles. The van der Waals surface area contributed by atoms with Gasteiger partial charge >= 0.3 is 0 Å². The first-order chi connectivity index (χ1) is 11.3. The highest BCUT2D eigenvalue weighted by Gasteiger charge is 2.16. The van der Waals surface area contributed by atoms with E-state index in [-0.39, 0.29) is 24.0 Å². The lowest BCUT2D eigenvalue weighted by Gasteiger charge is -2.28. The van der Waals surface area contributed by atoms with Crippen LogP contribution >= 0.6 is 35.7 Å². The molecule has 2 heterocycles. The molecule has 0 spiro atoms. The summed E-state index contributed by atoms with van der Waals surface area (Å²) in [6.45, 7) is 3.01. The predicted octanol–water partition coefficient (Wildman–Crippen LogP) is 3.25. The minimum absolute atomic E-state index is 0. The number of hydrogen-bond acceptors (Lipinski definition) is 3. The maximum atomic E-state index is 4.34. The molecule has 0 saturated carbocycles. The fourth-order valence-corrected chi connectivity index (χ4v) is 4.57. The molecule has 0 aliphatic carbocycles. The van der Waals surface area contributed by atoms with Gasteiger partial charge in [0.25, 0.3) is 0 Å². The highest BCUT2D eigenvalue weighted by Crippen LogP contribution is 2.27. The summed E-state index contributed by atoms with van der Waals surface area (Å²) in [7, 11) is 4.03. The van der Waals surface area contributed by atoms with Gasteiger partial charge in [-0.15, -0.1) is 24.0 Å². The quantitative estimate of drug-likeness (QED) is 0.411. The van der Waals surface area contributed by atoms with Crippen molar-refractivity contribution in [2.24, 2.45) is 4.99 Å². The summed E-state index contributed by atoms with van der Waals surface area (Å²) in [5.41, 5.74) is 4.20. The maximum absolute atomic E-state index is 4.34. The Balaban J connectivity index is 0.00000208. The molecule has 134 valence electrons. The van der Waals surface area contributed by atoms with Gasteiger partial charge in [0.1, 0.15) is 0 Å². The SMILES string of the molecule is CN=C(NCc1ccc2c(c1)CCCN2C)NCC1CCCS1.I. The van der Waals surface area contributed by atoms with Gasteiger partial charge in [-0.05, 0) is 48.6 Å². The number of nitrogens with one attached hydrogen (secondary N) is 2. The Morgan fingerprint density at radius 2 is 2.21 bits per heavy atom. The van der Waals surface area contributed by atoms with Crippen LogP contribution in [0, 0.1) is 0 Å². The Morgan fingerprint density at radius 3 is 2.96 bits per heavy atom. The summed E-state index contributed by atoms with van der Waals surface area (Å²) in [4.78, 5) is 6.70. The van der Waals surface area contributed by atoms with E-state index in [0.717, 1.165) is 24.3 Å². The number of aliphatic imine (C=N–C) groups is 1. The summed E-state index contributed by atoms with van der Waals surface area (Å²) in [6.07, 6.45) is 5.13. The minimum atomic E-state index is 0. The van der Waals surface area contributed by atoms with E-state index in [1.165, 1.54) is 54.8 Å². The zero-order valence-electron chi connectivity index (χ0n) is 14.7. The second-order valence-corrected chi connectivity index (χ2v) is 7.84. The Bertz CT molecular complexity index is 558. The monoisotopic (exact) mass is 460 g/mol. The molecule has 6 heteroatoms. The van der Waals surface area contributed by atoms with Crippen LogP contribution < -0.4 is 15.5 Å². The number of fused-ring (bicyclic) bond motifs is 1. The van der Waals surface area contributed by atoms with Gasteiger partial charge in [0, 0.05) is 44.7 Å². The Labute approximate surface area is 167 Å². The average molecular weight is 460 g/mol. The normalized spacial score (nSPS) is 20.3. The first-order valence-electron chi connectivity index (χ1n) is 8.65. The molecule has 2 aliphatic rings. The van der Waals surface area contributed by atoms with Crippen LogP contribution in [0.3, 0.4) is 0 Å². The number of nitrogens with zero attached hydrogens (tertiary/aromatic N) is 2. The zero-order valence-corrected chi connectivity index (χ0v) is 17.8. The fourth-order valence-electron chi connectivity index (χ4n) is 3.37. The number of aryl methyl sites for hydroxylation is 1. The van der Waals surface area contributed by atoms with E-state index >= 15 is 0 Å². The molecule has 0 amide bonds. The van der Waals surface area contributed by atoms with Crippen molar-refractivity contribution in [3.63, 3.8) is 0 Å². The average Bonchev–Trinajstić information content (AvgIpc) is 3.08. The van der Waals surface area contributed by atoms with Crippen LogP contribution in [0.2, 0.25) is 0 Å². The summed E-state index contributed by atoms with van der Waals surface area (Å²) in [6, 6.07) is 6.84. The van der Waals surface area contributed by atoms with Gasteiger partial charge in [0.2, 0.25) is 0 Å². The van der Waals surface area contributed by atoms with Gasteiger partial charge in [0.15, 0.2) is 5.96 Å². The largest absolute Gasteiger partial charge is 0.374 e. The lowest BCUT2D eigenvalue weighted by molar-refractivity contribution is 0.723. The second-order valence-electron chi connectivity index (χ2n) is 6.43. The van der Waals surface area contributed by atoms with Crippen molar-refractivity contribution in [3.8, 4) is 0 Å². The lowest BCUT2D eigenvalue weighted by Crippen LogP contribution is -2.39. The van der Waals surface area contributed by atoms with Crippen LogP contribution in [-0.2, 0) is 13.0 Å². The molecule has 1 atom stereocenters. The fraction of sp³-hybridized carbons (Fsp3) is 0.611. The van der Waals surface area contributed by atoms with E-state index in [1.54, 1.807) is 0 Å². The molecule has 0 bridgehead atoms. The zero-order chi connectivity index (χ0) is 16.1. The van der Waals surface area contributed by atoms with Gasteiger partial charge in [-0.25, -0.2) is 0 Å². The van der Waals surface area contributed by atoms with Crippen molar-refractivity contribution < 1.29 is 0 Å². The topological polar surface area (TPSA) is 39.7 Å². The van der Waals surface area contributed by atoms with Crippen molar-refractivity contribution in [1.82, 2.24) is 10.6 Å². The number of hydrogen-bond donors (Lipinski definition) is 2. The summed E-state index contributed by atoms with van der Waals surface area (Å²) >= 11 is 2.08. The second kappa shape index (κ2) is 9.75. The van der Waals surface area contributed by atoms with Crippen LogP contribution in [0.25, 0.3) is 0 Å². The number of thioether (sulfide) groups is 1. The van der Waals surface area contributed by atoms with E-state index in [4.69, 9.17) is 0 Å². The number of halogens is 1. The van der Waals surface area contributed by atoms with E-state index in [0.29, 0.717) is 0 Å². The number of rotatable bonds is 4. The predicted molar refractivity (Wildman–Crippen MR) is 117 cm³/mol. The standard InChI is InChI=1S/C18H28N4S.HI/c1-19-18(21-13-16-6-4-10-23-16)20-12-14-7-8-17-15(11-14)5-3-9-22(17)2;/h7-8,11,16H,3-6,9-10,12-13H2,1-2H3,(H2,19,20,21);1H. The molecule has 0 aromatic heterocycles. The van der Waals surface area contributed by atoms with Gasteiger partial charge < -0.3 is 15.5 Å².